The van der Waals surface area contributed by atoms with Crippen LogP contribution in [0.3, 0.4) is 0 Å². The third kappa shape index (κ3) is 2.23. The van der Waals surface area contributed by atoms with Crippen LogP contribution in [-0.4, -0.2) is 15.2 Å². The summed E-state index contributed by atoms with van der Waals surface area (Å²) in [6, 6.07) is 8.46. The maximum Gasteiger partial charge on any atom is 0.150 e. The van der Waals surface area contributed by atoms with Gasteiger partial charge in [0.25, 0.3) is 0 Å². The molecule has 3 rings (SSSR count). The molecule has 0 atom stereocenters. The van der Waals surface area contributed by atoms with Gasteiger partial charge in [-0.25, -0.2) is 4.39 Å². The van der Waals surface area contributed by atoms with Crippen molar-refractivity contribution >= 4 is 22.3 Å². The Labute approximate surface area is 114 Å². The number of nitrogens with zero attached hydrogens (tertiary/aromatic N) is 3. The van der Waals surface area contributed by atoms with E-state index in [2.05, 4.69) is 20.5 Å². The third-order valence-electron chi connectivity index (χ3n) is 2.95. The van der Waals surface area contributed by atoms with Gasteiger partial charge >= 0.3 is 0 Å². The molecule has 0 aliphatic heterocycles. The second-order valence-corrected chi connectivity index (χ2v) is 4.29. The van der Waals surface area contributed by atoms with Crippen LogP contribution in [0, 0.1) is 5.82 Å². The number of aromatic nitrogens is 3. The van der Waals surface area contributed by atoms with Crippen LogP contribution in [0.25, 0.3) is 10.9 Å². The number of hydrogen-bond donors (Lipinski definition) is 2. The van der Waals surface area contributed by atoms with Gasteiger partial charge in [-0.15, -0.1) is 0 Å². The lowest BCUT2D eigenvalue weighted by molar-refractivity contribution is 0.632. The Balaban J connectivity index is 1.99. The van der Waals surface area contributed by atoms with E-state index >= 15 is 0 Å². The number of nitrogen functional groups attached to an aromatic ring is 1. The fraction of sp³-hybridized carbons (Fsp3) is 0.0714. The quantitative estimate of drug-likeness (QED) is 0.714. The van der Waals surface area contributed by atoms with E-state index in [1.807, 2.05) is 12.1 Å². The summed E-state index contributed by atoms with van der Waals surface area (Å²) in [5.74, 6) is -0.433. The molecular formula is C14H12FN5. The van der Waals surface area contributed by atoms with Gasteiger partial charge < -0.3 is 11.1 Å². The van der Waals surface area contributed by atoms with E-state index < -0.39 is 5.82 Å². The van der Waals surface area contributed by atoms with Crippen molar-refractivity contribution in [2.75, 3.05) is 11.1 Å². The van der Waals surface area contributed by atoms with E-state index in [1.54, 1.807) is 24.5 Å². The number of pyridine rings is 1. The highest BCUT2D eigenvalue weighted by Gasteiger charge is 2.11. The second kappa shape index (κ2) is 5.08. The second-order valence-electron chi connectivity index (χ2n) is 4.29. The molecule has 2 aromatic heterocycles. The molecule has 3 N–H and O–H groups in total. The molecule has 100 valence electrons. The average Bonchev–Trinajstić information content (AvgIpc) is 2.48. The van der Waals surface area contributed by atoms with Gasteiger partial charge in [-0.05, 0) is 30.3 Å². The van der Waals surface area contributed by atoms with Crippen molar-refractivity contribution in [3.63, 3.8) is 0 Å². The SMILES string of the molecule is Nc1cc(F)c(NCc2cccnn2)c2ncccc12. The Morgan fingerprint density at radius 3 is 2.85 bits per heavy atom. The summed E-state index contributed by atoms with van der Waals surface area (Å²) in [6.07, 6.45) is 3.19. The standard InChI is InChI=1S/C14H12FN5/c15-11-7-12(16)10-4-2-5-17-13(10)14(11)18-8-9-3-1-6-19-20-9/h1-7,18H,8,16H2. The van der Waals surface area contributed by atoms with Crippen LogP contribution in [0.5, 0.6) is 0 Å². The molecule has 5 nitrogen and oxygen atoms in total. The molecule has 3 aromatic rings. The molecule has 0 aliphatic rings. The van der Waals surface area contributed by atoms with Crippen LogP contribution in [0.4, 0.5) is 15.8 Å². The normalized spacial score (nSPS) is 10.7. The lowest BCUT2D eigenvalue weighted by Crippen LogP contribution is -2.06. The van der Waals surface area contributed by atoms with Crippen LogP contribution >= 0.6 is 0 Å². The van der Waals surface area contributed by atoms with Gasteiger partial charge in [-0.1, -0.05) is 0 Å². The Kier molecular flexibility index (Phi) is 3.12. The molecule has 0 bridgehead atoms. The first kappa shape index (κ1) is 12.3. The van der Waals surface area contributed by atoms with Gasteiger partial charge in [0.2, 0.25) is 0 Å². The molecule has 6 heteroatoms. The highest BCUT2D eigenvalue weighted by atomic mass is 19.1. The van der Waals surface area contributed by atoms with Gasteiger partial charge in [0.15, 0.2) is 5.82 Å². The van der Waals surface area contributed by atoms with Crippen molar-refractivity contribution in [2.24, 2.45) is 0 Å². The molecule has 2 heterocycles. The summed E-state index contributed by atoms with van der Waals surface area (Å²) in [5, 5.41) is 11.4. The summed E-state index contributed by atoms with van der Waals surface area (Å²) in [7, 11) is 0. The summed E-state index contributed by atoms with van der Waals surface area (Å²) in [4.78, 5) is 4.20. The summed E-state index contributed by atoms with van der Waals surface area (Å²) < 4.78 is 14.1. The first-order valence-corrected chi connectivity index (χ1v) is 6.09. The highest BCUT2D eigenvalue weighted by molar-refractivity contribution is 5.98. The summed E-state index contributed by atoms with van der Waals surface area (Å²) in [6.45, 7) is 0.361. The first-order valence-electron chi connectivity index (χ1n) is 6.09. The number of hydrogen-bond acceptors (Lipinski definition) is 5. The average molecular weight is 269 g/mol. The summed E-state index contributed by atoms with van der Waals surface area (Å²) in [5.41, 5.74) is 7.72. The minimum atomic E-state index is -0.433. The number of halogens is 1. The monoisotopic (exact) mass is 269 g/mol. The van der Waals surface area contributed by atoms with E-state index in [0.717, 1.165) is 5.39 Å². The first-order chi connectivity index (χ1) is 9.75. The molecule has 0 radical (unpaired) electrons. The number of rotatable bonds is 3. The lowest BCUT2D eigenvalue weighted by atomic mass is 10.1. The maximum atomic E-state index is 14.1. The topological polar surface area (TPSA) is 76.7 Å². The Hall–Kier alpha value is -2.76. The minimum Gasteiger partial charge on any atom is -0.398 e. The summed E-state index contributed by atoms with van der Waals surface area (Å²) >= 11 is 0. The van der Waals surface area contributed by atoms with Crippen LogP contribution in [-0.2, 0) is 6.54 Å². The van der Waals surface area contributed by atoms with Gasteiger partial charge in [0, 0.05) is 23.5 Å². The highest BCUT2D eigenvalue weighted by Crippen LogP contribution is 2.29. The molecule has 20 heavy (non-hydrogen) atoms. The van der Waals surface area contributed by atoms with Crippen molar-refractivity contribution in [1.82, 2.24) is 15.2 Å². The number of nitrogens with two attached hydrogens (primary N) is 1. The van der Waals surface area contributed by atoms with Crippen molar-refractivity contribution in [1.29, 1.82) is 0 Å². The zero-order chi connectivity index (χ0) is 13.9. The molecular weight excluding hydrogens is 257 g/mol. The zero-order valence-corrected chi connectivity index (χ0v) is 10.5. The van der Waals surface area contributed by atoms with E-state index in [-0.39, 0.29) is 0 Å². The fourth-order valence-corrected chi connectivity index (χ4v) is 2.01. The van der Waals surface area contributed by atoms with Crippen LogP contribution in [0.1, 0.15) is 5.69 Å². The number of benzene rings is 1. The van der Waals surface area contributed by atoms with E-state index in [0.29, 0.717) is 29.1 Å². The predicted octanol–water partition coefficient (Wildman–Crippen LogP) is 2.36. The van der Waals surface area contributed by atoms with Crippen molar-refractivity contribution < 1.29 is 4.39 Å². The van der Waals surface area contributed by atoms with Crippen molar-refractivity contribution in [3.05, 3.63) is 54.2 Å². The predicted molar refractivity (Wildman–Crippen MR) is 75.5 cm³/mol. The van der Waals surface area contributed by atoms with Crippen molar-refractivity contribution in [3.8, 4) is 0 Å². The van der Waals surface area contributed by atoms with Crippen LogP contribution in [0.2, 0.25) is 0 Å². The van der Waals surface area contributed by atoms with E-state index in [1.165, 1.54) is 6.07 Å². The maximum absolute atomic E-state index is 14.1. The molecule has 0 spiro atoms. The largest absolute Gasteiger partial charge is 0.398 e. The van der Waals surface area contributed by atoms with E-state index in [4.69, 9.17) is 5.73 Å². The van der Waals surface area contributed by atoms with Crippen LogP contribution < -0.4 is 11.1 Å². The molecule has 0 saturated heterocycles. The number of nitrogens with one attached hydrogen (secondary N) is 1. The van der Waals surface area contributed by atoms with E-state index in [9.17, 15) is 4.39 Å². The Morgan fingerprint density at radius 2 is 2.05 bits per heavy atom. The Bertz CT molecular complexity index is 745. The number of fused-ring (bicyclic) bond motifs is 1. The molecule has 0 saturated carbocycles. The van der Waals surface area contributed by atoms with Crippen LogP contribution in [0.15, 0.2) is 42.7 Å². The van der Waals surface area contributed by atoms with Gasteiger partial charge in [0.1, 0.15) is 0 Å². The molecule has 0 fully saturated rings. The lowest BCUT2D eigenvalue weighted by Gasteiger charge is -2.11. The smallest absolute Gasteiger partial charge is 0.150 e. The van der Waals surface area contributed by atoms with Gasteiger partial charge in [0.05, 0.1) is 23.4 Å². The van der Waals surface area contributed by atoms with Crippen molar-refractivity contribution in [2.45, 2.75) is 6.54 Å². The molecule has 0 unspecified atom stereocenters. The molecule has 0 amide bonds. The fourth-order valence-electron chi connectivity index (χ4n) is 2.01. The Morgan fingerprint density at radius 1 is 1.20 bits per heavy atom. The molecule has 0 aliphatic carbocycles. The van der Waals surface area contributed by atoms with Gasteiger partial charge in [-0.2, -0.15) is 10.2 Å². The third-order valence-corrected chi connectivity index (χ3v) is 2.95. The van der Waals surface area contributed by atoms with Gasteiger partial charge in [-0.3, -0.25) is 4.98 Å². The molecule has 1 aromatic carbocycles. The zero-order valence-electron chi connectivity index (χ0n) is 10.5. The minimum absolute atomic E-state index is 0.320. The number of anilines is 2.